The molecule has 2 rings (SSSR count). The Labute approximate surface area is 112 Å². The molecule has 0 spiro atoms. The van der Waals surface area contributed by atoms with Crippen LogP contribution in [0.1, 0.15) is 17.2 Å². The number of hydrogen-bond donors (Lipinski definition) is 1. The van der Waals surface area contributed by atoms with Gasteiger partial charge < -0.3 is 5.32 Å². The highest BCUT2D eigenvalue weighted by molar-refractivity contribution is 9.10. The van der Waals surface area contributed by atoms with Crippen molar-refractivity contribution in [1.82, 2.24) is 10.3 Å². The van der Waals surface area contributed by atoms with Crippen molar-refractivity contribution in [3.05, 3.63) is 63.9 Å². The summed E-state index contributed by atoms with van der Waals surface area (Å²) in [5.41, 5.74) is 1.35. The van der Waals surface area contributed by atoms with Crippen molar-refractivity contribution in [3.8, 4) is 0 Å². The lowest BCUT2D eigenvalue weighted by Gasteiger charge is -2.17. The first-order valence-corrected chi connectivity index (χ1v) is 6.13. The molecule has 1 unspecified atom stereocenters. The van der Waals surface area contributed by atoms with Crippen LogP contribution in [0.4, 0.5) is 8.78 Å². The minimum atomic E-state index is -0.414. The molecule has 18 heavy (non-hydrogen) atoms. The zero-order valence-corrected chi connectivity index (χ0v) is 11.2. The van der Waals surface area contributed by atoms with Gasteiger partial charge in [0.15, 0.2) is 0 Å². The van der Waals surface area contributed by atoms with Crippen LogP contribution >= 0.6 is 15.9 Å². The second kappa shape index (κ2) is 5.54. The highest BCUT2D eigenvalue weighted by Gasteiger charge is 2.14. The van der Waals surface area contributed by atoms with Crippen LogP contribution < -0.4 is 5.32 Å². The molecule has 0 radical (unpaired) electrons. The van der Waals surface area contributed by atoms with Gasteiger partial charge in [-0.25, -0.2) is 8.78 Å². The fourth-order valence-corrected chi connectivity index (χ4v) is 2.34. The van der Waals surface area contributed by atoms with Crippen molar-refractivity contribution >= 4 is 15.9 Å². The van der Waals surface area contributed by atoms with Crippen molar-refractivity contribution in [2.45, 2.75) is 6.04 Å². The summed E-state index contributed by atoms with van der Waals surface area (Å²) in [4.78, 5) is 3.80. The summed E-state index contributed by atoms with van der Waals surface area (Å²) in [6.45, 7) is 0. The zero-order valence-electron chi connectivity index (χ0n) is 9.62. The quantitative estimate of drug-likeness (QED) is 0.939. The molecule has 1 atom stereocenters. The van der Waals surface area contributed by atoms with E-state index in [-0.39, 0.29) is 11.9 Å². The summed E-state index contributed by atoms with van der Waals surface area (Å²) in [7, 11) is 1.73. The van der Waals surface area contributed by atoms with Crippen LogP contribution in [-0.2, 0) is 0 Å². The molecule has 0 fully saturated rings. The molecule has 0 saturated carbocycles. The Hall–Kier alpha value is -1.33. The molecule has 0 aliphatic rings. The van der Waals surface area contributed by atoms with Gasteiger partial charge in [-0.3, -0.25) is 4.98 Å². The Morgan fingerprint density at radius 1 is 1.06 bits per heavy atom. The van der Waals surface area contributed by atoms with Gasteiger partial charge in [-0.2, -0.15) is 0 Å². The van der Waals surface area contributed by atoms with E-state index < -0.39 is 5.82 Å². The molecule has 0 aliphatic heterocycles. The molecule has 94 valence electrons. The summed E-state index contributed by atoms with van der Waals surface area (Å²) in [6, 6.07) is 5.65. The van der Waals surface area contributed by atoms with Gasteiger partial charge in [0.05, 0.1) is 12.2 Å². The number of nitrogens with one attached hydrogen (secondary N) is 1. The van der Waals surface area contributed by atoms with E-state index in [4.69, 9.17) is 0 Å². The number of pyridine rings is 1. The summed E-state index contributed by atoms with van der Waals surface area (Å²) in [6.07, 6.45) is 2.70. The number of halogens is 3. The third-order valence-corrected chi connectivity index (χ3v) is 3.02. The van der Waals surface area contributed by atoms with E-state index in [1.54, 1.807) is 19.3 Å². The van der Waals surface area contributed by atoms with Crippen LogP contribution in [0, 0.1) is 11.6 Å². The average Bonchev–Trinajstić information content (AvgIpc) is 2.28. The monoisotopic (exact) mass is 312 g/mol. The number of aromatic nitrogens is 1. The van der Waals surface area contributed by atoms with E-state index in [0.717, 1.165) is 6.20 Å². The molecule has 2 nitrogen and oxygen atoms in total. The van der Waals surface area contributed by atoms with Gasteiger partial charge >= 0.3 is 0 Å². The van der Waals surface area contributed by atoms with E-state index >= 15 is 0 Å². The van der Waals surface area contributed by atoms with E-state index in [1.165, 1.54) is 18.2 Å². The number of nitrogens with zero attached hydrogens (tertiary/aromatic N) is 1. The van der Waals surface area contributed by atoms with Gasteiger partial charge in [-0.05, 0) is 42.4 Å². The molecule has 0 amide bonds. The lowest BCUT2D eigenvalue weighted by Crippen LogP contribution is -2.18. The van der Waals surface area contributed by atoms with E-state index in [0.29, 0.717) is 15.6 Å². The Morgan fingerprint density at radius 2 is 1.78 bits per heavy atom. The first-order valence-electron chi connectivity index (χ1n) is 5.34. The second-order valence-corrected chi connectivity index (χ2v) is 4.78. The lowest BCUT2D eigenvalue weighted by atomic mass is 10.0. The van der Waals surface area contributed by atoms with Crippen molar-refractivity contribution in [2.24, 2.45) is 0 Å². The molecule has 1 aromatic heterocycles. The Kier molecular flexibility index (Phi) is 4.04. The van der Waals surface area contributed by atoms with Gasteiger partial charge in [0, 0.05) is 10.7 Å². The highest BCUT2D eigenvalue weighted by Crippen LogP contribution is 2.25. The third kappa shape index (κ3) is 2.91. The largest absolute Gasteiger partial charge is 0.309 e. The third-order valence-electron chi connectivity index (χ3n) is 2.57. The van der Waals surface area contributed by atoms with Crippen LogP contribution in [0.5, 0.6) is 0 Å². The van der Waals surface area contributed by atoms with Gasteiger partial charge in [0.1, 0.15) is 11.6 Å². The topological polar surface area (TPSA) is 24.9 Å². The van der Waals surface area contributed by atoms with Gasteiger partial charge in [-0.15, -0.1) is 0 Å². The van der Waals surface area contributed by atoms with Crippen molar-refractivity contribution in [3.63, 3.8) is 0 Å². The molecular formula is C13H11BrF2N2. The maximum Gasteiger partial charge on any atom is 0.141 e. The van der Waals surface area contributed by atoms with Crippen LogP contribution in [-0.4, -0.2) is 12.0 Å². The predicted molar refractivity (Wildman–Crippen MR) is 69.2 cm³/mol. The number of rotatable bonds is 3. The minimum absolute atomic E-state index is 0.305. The summed E-state index contributed by atoms with van der Waals surface area (Å²) in [5.74, 6) is -0.757. The second-order valence-electron chi connectivity index (χ2n) is 3.86. The Morgan fingerprint density at radius 3 is 2.39 bits per heavy atom. The molecule has 0 saturated heterocycles. The van der Waals surface area contributed by atoms with Crippen LogP contribution in [0.2, 0.25) is 0 Å². The first kappa shape index (κ1) is 13.1. The molecule has 1 heterocycles. The molecule has 5 heteroatoms. The van der Waals surface area contributed by atoms with Gasteiger partial charge in [-0.1, -0.05) is 15.9 Å². The van der Waals surface area contributed by atoms with Gasteiger partial charge in [0.25, 0.3) is 0 Å². The molecular weight excluding hydrogens is 302 g/mol. The molecule has 2 aromatic rings. The summed E-state index contributed by atoms with van der Waals surface area (Å²) in [5, 5.41) is 3.02. The minimum Gasteiger partial charge on any atom is -0.309 e. The van der Waals surface area contributed by atoms with Crippen LogP contribution in [0.3, 0.4) is 0 Å². The molecule has 1 aromatic carbocycles. The number of benzene rings is 1. The SMILES string of the molecule is CNC(c1cncc(F)c1)c1cc(F)cc(Br)c1. The van der Waals surface area contributed by atoms with Crippen molar-refractivity contribution < 1.29 is 8.78 Å². The predicted octanol–water partition coefficient (Wildman–Crippen LogP) is 3.43. The van der Waals surface area contributed by atoms with Crippen molar-refractivity contribution in [2.75, 3.05) is 7.05 Å². The summed E-state index contributed by atoms with van der Waals surface area (Å²) < 4.78 is 27.2. The van der Waals surface area contributed by atoms with Crippen LogP contribution in [0.15, 0.2) is 41.1 Å². The standard InChI is InChI=1S/C13H11BrF2N2/c1-17-13(9-4-12(16)7-18-6-9)8-2-10(14)5-11(15)3-8/h2-7,13,17H,1H3. The lowest BCUT2D eigenvalue weighted by molar-refractivity contribution is 0.602. The normalized spacial score (nSPS) is 12.4. The molecule has 0 bridgehead atoms. The Bertz CT molecular complexity index is 540. The van der Waals surface area contributed by atoms with Crippen LogP contribution in [0.25, 0.3) is 0 Å². The fourth-order valence-electron chi connectivity index (χ4n) is 1.85. The zero-order chi connectivity index (χ0) is 13.1. The molecule has 0 aliphatic carbocycles. The maximum atomic E-state index is 13.4. The maximum absolute atomic E-state index is 13.4. The summed E-state index contributed by atoms with van der Waals surface area (Å²) >= 11 is 3.24. The Balaban J connectivity index is 2.45. The fraction of sp³-hybridized carbons (Fsp3) is 0.154. The smallest absolute Gasteiger partial charge is 0.141 e. The number of hydrogen-bond acceptors (Lipinski definition) is 2. The van der Waals surface area contributed by atoms with Crippen molar-refractivity contribution in [1.29, 1.82) is 0 Å². The van der Waals surface area contributed by atoms with E-state index in [1.807, 2.05) is 0 Å². The van der Waals surface area contributed by atoms with E-state index in [9.17, 15) is 8.78 Å². The first-order chi connectivity index (χ1) is 8.60. The van der Waals surface area contributed by atoms with E-state index in [2.05, 4.69) is 26.2 Å². The average molecular weight is 313 g/mol. The highest BCUT2D eigenvalue weighted by atomic mass is 79.9. The van der Waals surface area contributed by atoms with Gasteiger partial charge in [0.2, 0.25) is 0 Å². The molecule has 1 N–H and O–H groups in total.